The summed E-state index contributed by atoms with van der Waals surface area (Å²) in [5, 5.41) is 0.724. The molecule has 144 valence electrons. The molecule has 0 saturated carbocycles. The number of amides is 2. The molecule has 1 aliphatic heterocycles. The average molecular weight is 381 g/mol. The third kappa shape index (κ3) is 5.63. The molecule has 0 aromatic heterocycles. The van der Waals surface area contributed by atoms with Gasteiger partial charge < -0.3 is 14.5 Å². The molecule has 6 heteroatoms. The summed E-state index contributed by atoms with van der Waals surface area (Å²) in [6, 6.07) is 3.69. The lowest BCUT2D eigenvalue weighted by atomic mass is 10.1. The van der Waals surface area contributed by atoms with Gasteiger partial charge in [0.05, 0.1) is 0 Å². The van der Waals surface area contributed by atoms with Gasteiger partial charge in [0.2, 0.25) is 5.91 Å². The van der Waals surface area contributed by atoms with E-state index in [-0.39, 0.29) is 18.4 Å². The maximum Gasteiger partial charge on any atom is 0.260 e. The van der Waals surface area contributed by atoms with Crippen LogP contribution in [0.4, 0.5) is 0 Å². The molecule has 0 atom stereocenters. The van der Waals surface area contributed by atoms with Crippen LogP contribution in [0.3, 0.4) is 0 Å². The van der Waals surface area contributed by atoms with Gasteiger partial charge in [-0.2, -0.15) is 0 Å². The molecule has 1 aromatic carbocycles. The van der Waals surface area contributed by atoms with E-state index in [4.69, 9.17) is 16.3 Å². The molecule has 0 radical (unpaired) electrons. The van der Waals surface area contributed by atoms with Gasteiger partial charge in [-0.15, -0.1) is 0 Å². The molecular weight excluding hydrogens is 352 g/mol. The Morgan fingerprint density at radius 1 is 1.04 bits per heavy atom. The highest BCUT2D eigenvalue weighted by Gasteiger charge is 2.22. The van der Waals surface area contributed by atoms with E-state index in [1.807, 2.05) is 44.7 Å². The number of aryl methyl sites for hydroxylation is 2. The van der Waals surface area contributed by atoms with E-state index >= 15 is 0 Å². The van der Waals surface area contributed by atoms with Crippen molar-refractivity contribution in [2.45, 2.75) is 40.5 Å². The van der Waals surface area contributed by atoms with Crippen LogP contribution in [0.15, 0.2) is 12.1 Å². The number of benzene rings is 1. The zero-order valence-electron chi connectivity index (χ0n) is 16.2. The summed E-state index contributed by atoms with van der Waals surface area (Å²) in [6.07, 6.45) is 1.36. The lowest BCUT2D eigenvalue weighted by Gasteiger charge is -2.23. The van der Waals surface area contributed by atoms with Gasteiger partial charge in [0.25, 0.3) is 5.91 Å². The van der Waals surface area contributed by atoms with Gasteiger partial charge in [-0.3, -0.25) is 9.59 Å². The van der Waals surface area contributed by atoms with Gasteiger partial charge >= 0.3 is 0 Å². The summed E-state index contributed by atoms with van der Waals surface area (Å²) >= 11 is 6.16. The van der Waals surface area contributed by atoms with Crippen molar-refractivity contribution >= 4 is 23.4 Å². The van der Waals surface area contributed by atoms with E-state index in [0.29, 0.717) is 44.3 Å². The van der Waals surface area contributed by atoms with Crippen LogP contribution in [0.25, 0.3) is 0 Å². The van der Waals surface area contributed by atoms with Crippen molar-refractivity contribution in [1.29, 1.82) is 0 Å². The smallest absolute Gasteiger partial charge is 0.260 e. The predicted octanol–water partition coefficient (Wildman–Crippen LogP) is 3.44. The third-order valence-corrected chi connectivity index (χ3v) is 5.15. The number of hydrogen-bond acceptors (Lipinski definition) is 3. The molecule has 1 heterocycles. The van der Waals surface area contributed by atoms with Crippen LogP contribution < -0.4 is 4.74 Å². The van der Waals surface area contributed by atoms with E-state index in [1.165, 1.54) is 0 Å². The number of nitrogens with zero attached hydrogens (tertiary/aromatic N) is 2. The predicted molar refractivity (Wildman–Crippen MR) is 104 cm³/mol. The van der Waals surface area contributed by atoms with E-state index in [1.54, 1.807) is 4.90 Å². The topological polar surface area (TPSA) is 49.9 Å². The molecule has 0 aliphatic carbocycles. The monoisotopic (exact) mass is 380 g/mol. The maximum absolute atomic E-state index is 12.5. The van der Waals surface area contributed by atoms with E-state index in [0.717, 1.165) is 22.6 Å². The van der Waals surface area contributed by atoms with Crippen LogP contribution in [-0.2, 0) is 9.59 Å². The Morgan fingerprint density at radius 3 is 2.12 bits per heavy atom. The minimum Gasteiger partial charge on any atom is -0.484 e. The molecule has 1 aliphatic rings. The molecule has 5 nitrogen and oxygen atoms in total. The van der Waals surface area contributed by atoms with Crippen molar-refractivity contribution < 1.29 is 14.3 Å². The first-order valence-electron chi connectivity index (χ1n) is 9.23. The fraction of sp³-hybridized carbons (Fsp3) is 0.600. The summed E-state index contributed by atoms with van der Waals surface area (Å²) < 4.78 is 5.68. The second-order valence-electron chi connectivity index (χ2n) is 7.37. The summed E-state index contributed by atoms with van der Waals surface area (Å²) in [4.78, 5) is 28.4. The zero-order valence-corrected chi connectivity index (χ0v) is 16.9. The van der Waals surface area contributed by atoms with Gasteiger partial charge in [0.1, 0.15) is 5.75 Å². The molecular formula is C20H29ClN2O3. The van der Waals surface area contributed by atoms with Crippen molar-refractivity contribution in [3.8, 4) is 5.75 Å². The Bertz CT molecular complexity index is 637. The van der Waals surface area contributed by atoms with Crippen LogP contribution in [0.1, 0.15) is 37.8 Å². The molecule has 0 N–H and O–H groups in total. The lowest BCUT2D eigenvalue weighted by Crippen LogP contribution is -2.39. The van der Waals surface area contributed by atoms with E-state index < -0.39 is 0 Å². The van der Waals surface area contributed by atoms with Gasteiger partial charge in [-0.05, 0) is 49.4 Å². The van der Waals surface area contributed by atoms with Crippen molar-refractivity contribution in [2.75, 3.05) is 32.8 Å². The van der Waals surface area contributed by atoms with Crippen molar-refractivity contribution in [2.24, 2.45) is 5.92 Å². The minimum absolute atomic E-state index is 0.000449. The fourth-order valence-electron chi connectivity index (χ4n) is 3.12. The van der Waals surface area contributed by atoms with Gasteiger partial charge in [0.15, 0.2) is 6.61 Å². The molecule has 2 rings (SSSR count). The number of hydrogen-bond donors (Lipinski definition) is 0. The summed E-state index contributed by atoms with van der Waals surface area (Å²) in [7, 11) is 0. The first-order valence-corrected chi connectivity index (χ1v) is 9.60. The van der Waals surface area contributed by atoms with Crippen LogP contribution >= 0.6 is 11.6 Å². The quantitative estimate of drug-likeness (QED) is 0.786. The van der Waals surface area contributed by atoms with Gasteiger partial charge in [-0.1, -0.05) is 25.4 Å². The highest BCUT2D eigenvalue weighted by Crippen LogP contribution is 2.25. The molecule has 1 saturated heterocycles. The molecule has 26 heavy (non-hydrogen) atoms. The largest absolute Gasteiger partial charge is 0.484 e. The Balaban J connectivity index is 1.87. The standard InChI is InChI=1S/C20H29ClN2O3/c1-14(2)10-18(24)22-6-5-7-23(9-8-22)19(25)13-26-17-11-15(3)20(21)16(4)12-17/h11-12,14H,5-10,13H2,1-4H3. The van der Waals surface area contributed by atoms with Crippen LogP contribution in [0, 0.1) is 19.8 Å². The average Bonchev–Trinajstić information content (AvgIpc) is 2.83. The summed E-state index contributed by atoms with van der Waals surface area (Å²) in [5.41, 5.74) is 1.87. The van der Waals surface area contributed by atoms with Crippen LogP contribution in [0.2, 0.25) is 5.02 Å². The molecule has 1 aromatic rings. The number of carbonyl (C=O) groups excluding carboxylic acids is 2. The van der Waals surface area contributed by atoms with Crippen molar-refractivity contribution in [3.05, 3.63) is 28.3 Å². The number of halogens is 1. The second kappa shape index (κ2) is 9.26. The minimum atomic E-state index is -0.0478. The Kier molecular flexibility index (Phi) is 7.33. The normalized spacial score (nSPS) is 15.2. The fourth-order valence-corrected chi connectivity index (χ4v) is 3.23. The summed E-state index contributed by atoms with van der Waals surface area (Å²) in [5.74, 6) is 1.13. The molecule has 0 unspecified atom stereocenters. The Hall–Kier alpha value is -1.75. The third-order valence-electron chi connectivity index (χ3n) is 4.56. The Labute approximate surface area is 161 Å². The van der Waals surface area contributed by atoms with Crippen molar-refractivity contribution in [3.63, 3.8) is 0 Å². The number of ether oxygens (including phenoxy) is 1. The zero-order chi connectivity index (χ0) is 19.3. The van der Waals surface area contributed by atoms with Gasteiger partial charge in [0, 0.05) is 37.6 Å². The molecule has 0 bridgehead atoms. The highest BCUT2D eigenvalue weighted by molar-refractivity contribution is 6.32. The second-order valence-corrected chi connectivity index (χ2v) is 7.75. The maximum atomic E-state index is 12.5. The molecule has 2 amide bonds. The first kappa shape index (κ1) is 20.6. The SMILES string of the molecule is Cc1cc(OCC(=O)N2CCCN(C(=O)CC(C)C)CC2)cc(C)c1Cl. The van der Waals surface area contributed by atoms with Crippen LogP contribution in [-0.4, -0.2) is 54.4 Å². The first-order chi connectivity index (χ1) is 12.3. The highest BCUT2D eigenvalue weighted by atomic mass is 35.5. The van der Waals surface area contributed by atoms with Gasteiger partial charge in [-0.25, -0.2) is 0 Å². The summed E-state index contributed by atoms with van der Waals surface area (Å²) in [6.45, 7) is 10.5. The molecule has 0 spiro atoms. The van der Waals surface area contributed by atoms with Crippen molar-refractivity contribution in [1.82, 2.24) is 9.80 Å². The lowest BCUT2D eigenvalue weighted by molar-refractivity contribution is -0.135. The van der Waals surface area contributed by atoms with Crippen LogP contribution in [0.5, 0.6) is 5.75 Å². The Morgan fingerprint density at radius 2 is 1.58 bits per heavy atom. The van der Waals surface area contributed by atoms with E-state index in [9.17, 15) is 9.59 Å². The van der Waals surface area contributed by atoms with E-state index in [2.05, 4.69) is 0 Å². The number of rotatable bonds is 5. The molecule has 1 fully saturated rings. The number of carbonyl (C=O) groups is 2.